The van der Waals surface area contributed by atoms with E-state index in [0.717, 1.165) is 49.1 Å². The van der Waals surface area contributed by atoms with Gasteiger partial charge in [0.25, 0.3) is 0 Å². The predicted molar refractivity (Wildman–Crippen MR) is 229 cm³/mol. The Bertz CT molecular complexity index is 1260. The summed E-state index contributed by atoms with van der Waals surface area (Å²) in [4.78, 5) is 16.6. The first kappa shape index (κ1) is 46.8. The first-order valence-electron chi connectivity index (χ1n) is 23.1. The van der Waals surface area contributed by atoms with E-state index in [4.69, 9.17) is 42.1 Å². The van der Waals surface area contributed by atoms with Crippen LogP contribution in [0.25, 0.3) is 0 Å². The fourth-order valence-corrected chi connectivity index (χ4v) is 13.8. The molecule has 8 bridgehead atoms. The standard InChI is InChI=1S/C14H23NO3.3C11H21NO/c1-5-18-12(16)7-9-6-10-8-11(14(10,2)3)13(9)15-17-4;3*1-11(2)8-5-7(3-4-13)10(12)9(11)6-8/h9-11H,5-8H2,1-4H3;3*7-10,13H,3-6,12H2,1-2H3/b15-13-;;;/t9-,10+,11+;7-,8+,9+,10+;7-,8+,9+,10-;7-,8-,9-,10+/m1110/s1. The summed E-state index contributed by atoms with van der Waals surface area (Å²) in [5, 5.41) is 30.9. The number of aliphatic hydroxyl groups excluding tert-OH is 3. The third-order valence-electron chi connectivity index (χ3n) is 18.7. The van der Waals surface area contributed by atoms with Crippen molar-refractivity contribution < 1.29 is 29.7 Å². The van der Waals surface area contributed by atoms with E-state index in [0.29, 0.717) is 120 Å². The molecule has 12 fully saturated rings. The second-order valence-corrected chi connectivity index (χ2v) is 22.3. The summed E-state index contributed by atoms with van der Waals surface area (Å²) in [6.07, 6.45) is 13.1. The number of hydrogen-bond donors (Lipinski definition) is 6. The van der Waals surface area contributed by atoms with Gasteiger partial charge in [0.15, 0.2) is 0 Å². The molecule has 0 spiro atoms. The quantitative estimate of drug-likeness (QED) is 0.103. The molecule has 12 saturated carbocycles. The lowest BCUT2D eigenvalue weighted by molar-refractivity contribution is -0.144. The highest BCUT2D eigenvalue weighted by Gasteiger charge is 2.59. The van der Waals surface area contributed by atoms with Crippen LogP contribution in [0.1, 0.15) is 139 Å². The Morgan fingerprint density at radius 1 is 0.614 bits per heavy atom. The van der Waals surface area contributed by atoms with Crippen molar-refractivity contribution in [3.8, 4) is 0 Å². The van der Waals surface area contributed by atoms with Crippen molar-refractivity contribution in [1.29, 1.82) is 0 Å². The number of nitrogens with zero attached hydrogens (tertiary/aromatic N) is 1. The van der Waals surface area contributed by atoms with E-state index < -0.39 is 0 Å². The Labute approximate surface area is 346 Å². The van der Waals surface area contributed by atoms with Crippen molar-refractivity contribution in [2.45, 2.75) is 157 Å². The molecule has 10 heteroatoms. The molecule has 0 aromatic rings. The van der Waals surface area contributed by atoms with Crippen molar-refractivity contribution in [2.24, 2.45) is 115 Å². The van der Waals surface area contributed by atoms with Gasteiger partial charge >= 0.3 is 5.97 Å². The molecule has 10 nitrogen and oxygen atoms in total. The van der Waals surface area contributed by atoms with E-state index in [9.17, 15) is 4.79 Å². The van der Waals surface area contributed by atoms with Crippen molar-refractivity contribution in [3.05, 3.63) is 0 Å². The van der Waals surface area contributed by atoms with Crippen molar-refractivity contribution in [3.63, 3.8) is 0 Å². The molecule has 9 N–H and O–H groups in total. The number of ether oxygens (including phenoxy) is 1. The molecule has 330 valence electrons. The molecule has 0 saturated heterocycles. The molecule has 15 atom stereocenters. The van der Waals surface area contributed by atoms with Crippen LogP contribution in [0.4, 0.5) is 0 Å². The van der Waals surface area contributed by atoms with Gasteiger partial charge < -0.3 is 42.1 Å². The summed E-state index contributed by atoms with van der Waals surface area (Å²) in [6, 6.07) is 1.02. The second kappa shape index (κ2) is 18.4. The van der Waals surface area contributed by atoms with Gasteiger partial charge in [-0.15, -0.1) is 0 Å². The largest absolute Gasteiger partial charge is 0.466 e. The first-order valence-corrected chi connectivity index (χ1v) is 23.1. The summed E-state index contributed by atoms with van der Waals surface area (Å²) in [6.45, 7) is 21.9. The zero-order valence-corrected chi connectivity index (χ0v) is 37.7. The summed E-state index contributed by atoms with van der Waals surface area (Å²) in [5.74, 6) is 7.76. The molecular formula is C47H86N4O6. The number of nitrogens with two attached hydrogens (primary N) is 3. The minimum absolute atomic E-state index is 0.120. The van der Waals surface area contributed by atoms with E-state index in [1.165, 1.54) is 44.9 Å². The summed E-state index contributed by atoms with van der Waals surface area (Å²) >= 11 is 0. The zero-order valence-electron chi connectivity index (χ0n) is 37.7. The van der Waals surface area contributed by atoms with E-state index >= 15 is 0 Å². The normalized spacial score (nSPS) is 43.2. The number of hydrogen-bond acceptors (Lipinski definition) is 10. The van der Waals surface area contributed by atoms with E-state index in [1.807, 2.05) is 6.92 Å². The lowest BCUT2D eigenvalue weighted by atomic mass is 9.45. The molecule has 0 unspecified atom stereocenters. The molecular weight excluding hydrogens is 717 g/mol. The Balaban J connectivity index is 0.000000147. The summed E-state index contributed by atoms with van der Waals surface area (Å²) in [5.41, 5.74) is 21.4. The van der Waals surface area contributed by atoms with Gasteiger partial charge in [0.1, 0.15) is 7.11 Å². The van der Waals surface area contributed by atoms with Crippen LogP contribution in [-0.2, 0) is 14.4 Å². The van der Waals surface area contributed by atoms with Gasteiger partial charge in [-0.3, -0.25) is 4.79 Å². The second-order valence-electron chi connectivity index (χ2n) is 22.3. The summed E-state index contributed by atoms with van der Waals surface area (Å²) < 4.78 is 5.04. The van der Waals surface area contributed by atoms with E-state index in [2.05, 4.69) is 60.5 Å². The molecule has 12 aliphatic carbocycles. The highest BCUT2D eigenvalue weighted by Crippen LogP contribution is 2.63. The fraction of sp³-hybridized carbons (Fsp3) is 0.957. The van der Waals surface area contributed by atoms with Gasteiger partial charge in [0, 0.05) is 49.8 Å². The highest BCUT2D eigenvalue weighted by molar-refractivity contribution is 5.94. The van der Waals surface area contributed by atoms with Crippen LogP contribution < -0.4 is 17.2 Å². The smallest absolute Gasteiger partial charge is 0.306 e. The minimum atomic E-state index is -0.120. The van der Waals surface area contributed by atoms with E-state index in [1.54, 1.807) is 7.11 Å². The van der Waals surface area contributed by atoms with Gasteiger partial charge in [-0.2, -0.15) is 0 Å². The van der Waals surface area contributed by atoms with Crippen LogP contribution in [-0.4, -0.2) is 78.7 Å². The van der Waals surface area contributed by atoms with Crippen LogP contribution in [0.5, 0.6) is 0 Å². The minimum Gasteiger partial charge on any atom is -0.466 e. The molecule has 0 aliphatic heterocycles. The Kier molecular flexibility index (Phi) is 15.1. The van der Waals surface area contributed by atoms with Gasteiger partial charge in [-0.1, -0.05) is 60.5 Å². The molecule has 0 aromatic heterocycles. The number of carbonyl (C=O) groups excluding carboxylic acids is 1. The number of fused-ring (bicyclic) bond motifs is 8. The number of rotatable bonds is 10. The number of carbonyl (C=O) groups is 1. The monoisotopic (exact) mass is 803 g/mol. The third kappa shape index (κ3) is 9.03. The van der Waals surface area contributed by atoms with Crippen molar-refractivity contribution in [1.82, 2.24) is 0 Å². The average Bonchev–Trinajstić information content (AvgIpc) is 3.15. The molecule has 0 amide bonds. The van der Waals surface area contributed by atoms with Crippen LogP contribution in [0, 0.1) is 92.7 Å². The molecule has 12 aliphatic rings. The molecule has 0 radical (unpaired) electrons. The Morgan fingerprint density at radius 3 is 1.26 bits per heavy atom. The van der Waals surface area contributed by atoms with Crippen LogP contribution in [0.3, 0.4) is 0 Å². The highest BCUT2D eigenvalue weighted by atomic mass is 16.6. The fourth-order valence-electron chi connectivity index (χ4n) is 13.8. The Hall–Kier alpha value is -1.30. The molecule has 12 rings (SSSR count). The maximum Gasteiger partial charge on any atom is 0.306 e. The van der Waals surface area contributed by atoms with Crippen molar-refractivity contribution in [2.75, 3.05) is 33.5 Å². The van der Waals surface area contributed by atoms with Crippen LogP contribution in [0.2, 0.25) is 0 Å². The topological polar surface area (TPSA) is 187 Å². The first-order chi connectivity index (χ1) is 26.7. The van der Waals surface area contributed by atoms with Crippen molar-refractivity contribution >= 4 is 11.7 Å². The van der Waals surface area contributed by atoms with E-state index in [-0.39, 0.29) is 11.9 Å². The van der Waals surface area contributed by atoms with Gasteiger partial charge in [-0.05, 0) is 158 Å². The van der Waals surface area contributed by atoms with Crippen LogP contribution >= 0.6 is 0 Å². The van der Waals surface area contributed by atoms with Gasteiger partial charge in [0.2, 0.25) is 0 Å². The molecule has 0 heterocycles. The summed E-state index contributed by atoms with van der Waals surface area (Å²) in [7, 11) is 1.58. The number of aliphatic hydroxyl groups is 3. The third-order valence-corrected chi connectivity index (χ3v) is 18.7. The van der Waals surface area contributed by atoms with Gasteiger partial charge in [0.05, 0.1) is 18.7 Å². The Morgan fingerprint density at radius 2 is 0.982 bits per heavy atom. The number of esters is 1. The SMILES string of the molecule is CC1(C)[C@H]2C[C@@H](CCO)[C@@H](N)[C@@H]1C2.CC1(C)[C@H]2C[C@@H](CCO)[C@H](N)[C@@H]1C2.CC1(C)[C@H]2C[C@H](CCO)[C@@H](N)[C@@H]1C2.CCOC(=O)C[C@H]1C[C@H]2C[C@@H](/C1=N\OC)C2(C)C. The zero-order chi connectivity index (χ0) is 42.2. The molecule has 0 aromatic carbocycles. The lowest BCUT2D eigenvalue weighted by Gasteiger charge is -2.61. The maximum atomic E-state index is 11.6. The predicted octanol–water partition coefficient (Wildman–Crippen LogP) is 6.76. The number of oxime groups is 1. The average molecular weight is 803 g/mol. The lowest BCUT2D eigenvalue weighted by Crippen LogP contribution is -2.61. The van der Waals surface area contributed by atoms with Gasteiger partial charge in [-0.25, -0.2) is 0 Å². The maximum absolute atomic E-state index is 11.6. The van der Waals surface area contributed by atoms with Crippen LogP contribution in [0.15, 0.2) is 5.16 Å². The molecule has 57 heavy (non-hydrogen) atoms.